The molecule has 0 spiro atoms. The van der Waals surface area contributed by atoms with Crippen LogP contribution in [0.15, 0.2) is 0 Å². The number of carbonyl (C=O) groups is 2. The number of rotatable bonds is 3. The molecular weight excluding hydrogens is 226 g/mol. The maximum Gasteiger partial charge on any atom is 0.408 e. The second-order valence-electron chi connectivity index (χ2n) is 4.25. The zero-order valence-electron chi connectivity index (χ0n) is 10.1. The quantitative estimate of drug-likeness (QED) is 0.621. The molecule has 1 amide bonds. The fraction of sp³-hybridized carbons (Fsp3) is 0.636. The average Bonchev–Trinajstić information content (AvgIpc) is 2.13. The van der Waals surface area contributed by atoms with Gasteiger partial charge in [-0.15, -0.1) is 0 Å². The van der Waals surface area contributed by atoms with Crippen molar-refractivity contribution in [2.24, 2.45) is 0 Å². The highest BCUT2D eigenvalue weighted by molar-refractivity contribution is 5.80. The SMILES string of the molecule is CC(C)(C)OC(=O)N[C@@H](CC#CCO)C(=O)O. The number of hydrogen-bond acceptors (Lipinski definition) is 4. The summed E-state index contributed by atoms with van der Waals surface area (Å²) in [5.41, 5.74) is -0.691. The maximum atomic E-state index is 11.3. The van der Waals surface area contributed by atoms with Crippen LogP contribution in [0.2, 0.25) is 0 Å². The first-order valence-corrected chi connectivity index (χ1v) is 5.05. The van der Waals surface area contributed by atoms with Crippen LogP contribution >= 0.6 is 0 Å². The summed E-state index contributed by atoms with van der Waals surface area (Å²) in [4.78, 5) is 22.1. The number of hydrogen-bond donors (Lipinski definition) is 3. The molecule has 3 N–H and O–H groups in total. The lowest BCUT2D eigenvalue weighted by atomic mass is 10.2. The monoisotopic (exact) mass is 243 g/mol. The van der Waals surface area contributed by atoms with Gasteiger partial charge < -0.3 is 20.3 Å². The van der Waals surface area contributed by atoms with Crippen LogP contribution in [0, 0.1) is 11.8 Å². The van der Waals surface area contributed by atoms with E-state index in [0.29, 0.717) is 0 Å². The summed E-state index contributed by atoms with van der Waals surface area (Å²) < 4.78 is 4.91. The Morgan fingerprint density at radius 1 is 1.35 bits per heavy atom. The van der Waals surface area contributed by atoms with Gasteiger partial charge in [0.15, 0.2) is 0 Å². The second kappa shape index (κ2) is 6.76. The van der Waals surface area contributed by atoms with Crippen molar-refractivity contribution in [3.63, 3.8) is 0 Å². The molecule has 0 aromatic heterocycles. The van der Waals surface area contributed by atoms with E-state index in [1.807, 2.05) is 0 Å². The van der Waals surface area contributed by atoms with E-state index < -0.39 is 23.7 Å². The Morgan fingerprint density at radius 3 is 2.35 bits per heavy atom. The normalized spacial score (nSPS) is 12.0. The lowest BCUT2D eigenvalue weighted by Crippen LogP contribution is -2.43. The van der Waals surface area contributed by atoms with Crippen molar-refractivity contribution in [2.45, 2.75) is 38.8 Å². The van der Waals surface area contributed by atoms with Gasteiger partial charge in [0.1, 0.15) is 18.2 Å². The Hall–Kier alpha value is -1.74. The van der Waals surface area contributed by atoms with Crippen LogP contribution in [0.3, 0.4) is 0 Å². The molecule has 0 aromatic carbocycles. The number of aliphatic hydroxyl groups excluding tert-OH is 1. The molecule has 0 saturated carbocycles. The lowest BCUT2D eigenvalue weighted by Gasteiger charge is -2.21. The van der Waals surface area contributed by atoms with Crippen LogP contribution in [0.4, 0.5) is 4.79 Å². The van der Waals surface area contributed by atoms with E-state index in [9.17, 15) is 9.59 Å². The van der Waals surface area contributed by atoms with Crippen molar-refractivity contribution in [3.8, 4) is 11.8 Å². The second-order valence-corrected chi connectivity index (χ2v) is 4.25. The molecule has 6 nitrogen and oxygen atoms in total. The minimum Gasteiger partial charge on any atom is -0.480 e. The topological polar surface area (TPSA) is 95.9 Å². The molecule has 0 aliphatic carbocycles. The molecule has 0 bridgehead atoms. The molecule has 0 heterocycles. The van der Waals surface area contributed by atoms with E-state index in [1.165, 1.54) is 0 Å². The van der Waals surface area contributed by atoms with Crippen molar-refractivity contribution in [3.05, 3.63) is 0 Å². The Labute approximate surface area is 100.0 Å². The Morgan fingerprint density at radius 2 is 1.94 bits per heavy atom. The number of carboxylic acids is 1. The van der Waals surface area contributed by atoms with E-state index in [0.717, 1.165) is 0 Å². The molecule has 0 unspecified atom stereocenters. The standard InChI is InChI=1S/C11H17NO5/c1-11(2,3)17-10(16)12-8(9(14)15)6-4-5-7-13/h8,13H,6-7H2,1-3H3,(H,12,16)(H,14,15)/t8-/m0/s1. The molecule has 0 saturated heterocycles. The molecule has 0 aliphatic rings. The van der Waals surface area contributed by atoms with Gasteiger partial charge in [-0.25, -0.2) is 9.59 Å². The molecule has 1 atom stereocenters. The van der Waals surface area contributed by atoms with E-state index in [1.54, 1.807) is 20.8 Å². The highest BCUT2D eigenvalue weighted by Crippen LogP contribution is 2.07. The summed E-state index contributed by atoms with van der Waals surface area (Å²) in [6.07, 6.45) is -0.898. The maximum absolute atomic E-state index is 11.3. The molecule has 6 heteroatoms. The van der Waals surface area contributed by atoms with E-state index in [2.05, 4.69) is 17.2 Å². The van der Waals surface area contributed by atoms with Crippen LogP contribution in [-0.4, -0.2) is 40.5 Å². The van der Waals surface area contributed by atoms with Crippen molar-refractivity contribution >= 4 is 12.1 Å². The van der Waals surface area contributed by atoms with Crippen LogP contribution in [0.5, 0.6) is 0 Å². The third-order valence-corrected chi connectivity index (χ3v) is 1.50. The third kappa shape index (κ3) is 8.11. The molecule has 0 rings (SSSR count). The lowest BCUT2D eigenvalue weighted by molar-refractivity contribution is -0.139. The van der Waals surface area contributed by atoms with Crippen LogP contribution < -0.4 is 5.32 Å². The predicted molar refractivity (Wildman–Crippen MR) is 60.3 cm³/mol. The van der Waals surface area contributed by atoms with Gasteiger partial charge in [0.2, 0.25) is 0 Å². The van der Waals surface area contributed by atoms with Crippen molar-refractivity contribution in [2.75, 3.05) is 6.61 Å². The first kappa shape index (κ1) is 15.3. The van der Waals surface area contributed by atoms with Gasteiger partial charge in [-0.2, -0.15) is 0 Å². The minimum absolute atomic E-state index is 0.0882. The summed E-state index contributed by atoms with van der Waals surface area (Å²) in [5.74, 6) is 3.53. The number of carbonyl (C=O) groups excluding carboxylic acids is 1. The van der Waals surface area contributed by atoms with Gasteiger partial charge in [0.25, 0.3) is 0 Å². The van der Waals surface area contributed by atoms with Gasteiger partial charge >= 0.3 is 12.1 Å². The van der Waals surface area contributed by atoms with Crippen LogP contribution in [0.25, 0.3) is 0 Å². The number of aliphatic carboxylic acids is 1. The molecule has 0 aromatic rings. The fourth-order valence-electron chi connectivity index (χ4n) is 0.880. The average molecular weight is 243 g/mol. The van der Waals surface area contributed by atoms with Gasteiger partial charge in [-0.1, -0.05) is 11.8 Å². The first-order valence-electron chi connectivity index (χ1n) is 5.05. The highest BCUT2D eigenvalue weighted by Gasteiger charge is 2.22. The van der Waals surface area contributed by atoms with Gasteiger partial charge in [-0.05, 0) is 20.8 Å². The number of aliphatic hydroxyl groups is 1. The zero-order chi connectivity index (χ0) is 13.5. The molecule has 17 heavy (non-hydrogen) atoms. The van der Waals surface area contributed by atoms with E-state index >= 15 is 0 Å². The number of ether oxygens (including phenoxy) is 1. The molecule has 0 aliphatic heterocycles. The van der Waals surface area contributed by atoms with Crippen molar-refractivity contribution in [1.82, 2.24) is 5.32 Å². The summed E-state index contributed by atoms with van der Waals surface area (Å²) in [6.45, 7) is 4.68. The summed E-state index contributed by atoms with van der Waals surface area (Å²) in [5, 5.41) is 19.4. The predicted octanol–water partition coefficient (Wildman–Crippen LogP) is 0.350. The van der Waals surface area contributed by atoms with E-state index in [4.69, 9.17) is 14.9 Å². The van der Waals surface area contributed by atoms with E-state index in [-0.39, 0.29) is 13.0 Å². The van der Waals surface area contributed by atoms with Crippen molar-refractivity contribution in [1.29, 1.82) is 0 Å². The molecule has 0 fully saturated rings. The number of nitrogens with one attached hydrogen (secondary N) is 1. The van der Waals surface area contributed by atoms with Crippen LogP contribution in [0.1, 0.15) is 27.2 Å². The van der Waals surface area contributed by atoms with Gasteiger partial charge in [0, 0.05) is 6.42 Å². The Balaban J connectivity index is 4.35. The Bertz CT molecular complexity index is 334. The smallest absolute Gasteiger partial charge is 0.408 e. The minimum atomic E-state index is -1.21. The zero-order valence-corrected chi connectivity index (χ0v) is 10.1. The molecule has 96 valence electrons. The third-order valence-electron chi connectivity index (χ3n) is 1.50. The largest absolute Gasteiger partial charge is 0.480 e. The number of alkyl carbamates (subject to hydrolysis) is 1. The van der Waals surface area contributed by atoms with Gasteiger partial charge in [0.05, 0.1) is 0 Å². The fourth-order valence-corrected chi connectivity index (χ4v) is 0.880. The first-order chi connectivity index (χ1) is 7.76. The Kier molecular flexibility index (Phi) is 6.07. The summed E-state index contributed by atoms with van der Waals surface area (Å²) >= 11 is 0. The van der Waals surface area contributed by atoms with Gasteiger partial charge in [-0.3, -0.25) is 0 Å². The molecular formula is C11H17NO5. The number of amides is 1. The number of carboxylic acid groups (broad SMARTS) is 1. The van der Waals surface area contributed by atoms with Crippen molar-refractivity contribution < 1.29 is 24.5 Å². The van der Waals surface area contributed by atoms with Crippen LogP contribution in [-0.2, 0) is 9.53 Å². The highest BCUT2D eigenvalue weighted by atomic mass is 16.6. The molecule has 0 radical (unpaired) electrons. The summed E-state index contributed by atoms with van der Waals surface area (Å²) in [7, 11) is 0. The summed E-state index contributed by atoms with van der Waals surface area (Å²) in [6, 6.07) is -1.15.